The molecule has 0 bridgehead atoms. The first-order valence-electron chi connectivity index (χ1n) is 8.50. The van der Waals surface area contributed by atoms with Crippen LogP contribution in [0.4, 0.5) is 5.69 Å². The van der Waals surface area contributed by atoms with Crippen molar-refractivity contribution in [3.63, 3.8) is 0 Å². The molecule has 0 spiro atoms. The highest BCUT2D eigenvalue weighted by atomic mass is 32.2. The van der Waals surface area contributed by atoms with Gasteiger partial charge in [-0.15, -0.1) is 0 Å². The molecule has 0 radical (unpaired) electrons. The number of methoxy groups -OCH3 is 1. The standard InChI is InChI=1S/C19H24N2O5S/c1-14(13-26-2)21-27(24,25)18-12-16(19(22)23)8-9-17(18)20-11-10-15-6-4-3-5-7-15/h3-9,12,14,20-21H,10-11,13H2,1-2H3,(H,22,23)/t14-/m1/s1. The molecule has 0 saturated heterocycles. The average Bonchev–Trinajstić information content (AvgIpc) is 2.62. The summed E-state index contributed by atoms with van der Waals surface area (Å²) in [5, 5.41) is 12.3. The first-order valence-corrected chi connectivity index (χ1v) is 9.98. The molecule has 1 atom stereocenters. The SMILES string of the molecule is COC[C@@H](C)NS(=O)(=O)c1cc(C(=O)O)ccc1NCCc1ccccc1. The van der Waals surface area contributed by atoms with Gasteiger partial charge < -0.3 is 15.2 Å². The number of carbonyl (C=O) groups is 1. The molecule has 7 nitrogen and oxygen atoms in total. The zero-order valence-corrected chi connectivity index (χ0v) is 16.1. The van der Waals surface area contributed by atoms with E-state index in [0.29, 0.717) is 18.7 Å². The predicted octanol–water partition coefficient (Wildman–Crippen LogP) is 2.35. The number of sulfonamides is 1. The molecule has 2 aromatic rings. The number of hydrogen-bond donors (Lipinski definition) is 3. The highest BCUT2D eigenvalue weighted by Crippen LogP contribution is 2.23. The fourth-order valence-electron chi connectivity index (χ4n) is 2.62. The van der Waals surface area contributed by atoms with Crippen molar-refractivity contribution >= 4 is 21.7 Å². The molecule has 0 aromatic heterocycles. The molecule has 0 amide bonds. The van der Waals surface area contributed by atoms with Crippen LogP contribution in [0.15, 0.2) is 53.4 Å². The Morgan fingerprint density at radius 1 is 1.19 bits per heavy atom. The minimum Gasteiger partial charge on any atom is -0.478 e. The first-order chi connectivity index (χ1) is 12.8. The van der Waals surface area contributed by atoms with Crippen LogP contribution in [-0.4, -0.2) is 45.8 Å². The van der Waals surface area contributed by atoms with Crippen molar-refractivity contribution in [3.8, 4) is 0 Å². The van der Waals surface area contributed by atoms with Gasteiger partial charge in [-0.2, -0.15) is 0 Å². The average molecular weight is 392 g/mol. The topological polar surface area (TPSA) is 105 Å². The molecule has 0 aliphatic heterocycles. The third-order valence-corrected chi connectivity index (χ3v) is 5.49. The third-order valence-electron chi connectivity index (χ3n) is 3.86. The fraction of sp³-hybridized carbons (Fsp3) is 0.316. The Hall–Kier alpha value is -2.42. The molecule has 0 fully saturated rings. The van der Waals surface area contributed by atoms with Crippen molar-refractivity contribution in [2.75, 3.05) is 25.6 Å². The Balaban J connectivity index is 2.24. The third kappa shape index (κ3) is 6.06. The Morgan fingerprint density at radius 2 is 1.89 bits per heavy atom. The Kier molecular flexibility index (Phi) is 7.35. The van der Waals surface area contributed by atoms with Crippen LogP contribution in [0, 0.1) is 0 Å². The van der Waals surface area contributed by atoms with E-state index in [1.807, 2.05) is 30.3 Å². The molecule has 2 aromatic carbocycles. The summed E-state index contributed by atoms with van der Waals surface area (Å²) in [6.45, 7) is 2.38. The van der Waals surface area contributed by atoms with E-state index in [2.05, 4.69) is 10.0 Å². The van der Waals surface area contributed by atoms with E-state index in [-0.39, 0.29) is 17.1 Å². The monoisotopic (exact) mass is 392 g/mol. The van der Waals surface area contributed by atoms with E-state index in [9.17, 15) is 18.3 Å². The normalized spacial score (nSPS) is 12.5. The number of hydrogen-bond acceptors (Lipinski definition) is 5. The Bertz CT molecular complexity index is 869. The van der Waals surface area contributed by atoms with E-state index in [4.69, 9.17) is 4.74 Å². The number of carboxylic acids is 1. The fourth-order valence-corrected chi connectivity index (χ4v) is 4.06. The van der Waals surface area contributed by atoms with Crippen LogP contribution in [-0.2, 0) is 21.2 Å². The van der Waals surface area contributed by atoms with Gasteiger partial charge in [-0.1, -0.05) is 30.3 Å². The van der Waals surface area contributed by atoms with E-state index in [0.717, 1.165) is 11.6 Å². The highest BCUT2D eigenvalue weighted by molar-refractivity contribution is 7.89. The second-order valence-corrected chi connectivity index (χ2v) is 7.84. The van der Waals surface area contributed by atoms with Crippen molar-refractivity contribution in [1.29, 1.82) is 0 Å². The van der Waals surface area contributed by atoms with Gasteiger partial charge in [0.1, 0.15) is 4.90 Å². The van der Waals surface area contributed by atoms with Gasteiger partial charge in [0.15, 0.2) is 0 Å². The van der Waals surface area contributed by atoms with E-state index >= 15 is 0 Å². The lowest BCUT2D eigenvalue weighted by molar-refractivity contribution is 0.0696. The van der Waals surface area contributed by atoms with Crippen LogP contribution in [0.1, 0.15) is 22.8 Å². The molecule has 0 saturated carbocycles. The van der Waals surface area contributed by atoms with Crippen molar-refractivity contribution in [3.05, 3.63) is 59.7 Å². The van der Waals surface area contributed by atoms with Gasteiger partial charge in [-0.05, 0) is 37.1 Å². The predicted molar refractivity (Wildman–Crippen MR) is 104 cm³/mol. The zero-order valence-electron chi connectivity index (χ0n) is 15.3. The van der Waals surface area contributed by atoms with E-state index < -0.39 is 22.0 Å². The molecule has 27 heavy (non-hydrogen) atoms. The summed E-state index contributed by atoms with van der Waals surface area (Å²) < 4.78 is 33.0. The molecule has 0 heterocycles. The number of anilines is 1. The van der Waals surface area contributed by atoms with Crippen molar-refractivity contribution in [2.45, 2.75) is 24.3 Å². The van der Waals surface area contributed by atoms with Gasteiger partial charge in [-0.25, -0.2) is 17.9 Å². The zero-order chi connectivity index (χ0) is 19.9. The first kappa shape index (κ1) is 20.9. The number of rotatable bonds is 10. The highest BCUT2D eigenvalue weighted by Gasteiger charge is 2.22. The molecule has 0 aliphatic rings. The summed E-state index contributed by atoms with van der Waals surface area (Å²) in [4.78, 5) is 11.2. The lowest BCUT2D eigenvalue weighted by Crippen LogP contribution is -2.36. The minimum absolute atomic E-state index is 0.0941. The van der Waals surface area contributed by atoms with E-state index in [1.165, 1.54) is 19.2 Å². The van der Waals surface area contributed by atoms with Crippen LogP contribution >= 0.6 is 0 Å². The summed E-state index contributed by atoms with van der Waals surface area (Å²) in [5.41, 5.74) is 1.37. The van der Waals surface area contributed by atoms with Crippen molar-refractivity contribution < 1.29 is 23.1 Å². The van der Waals surface area contributed by atoms with Crippen LogP contribution < -0.4 is 10.0 Å². The van der Waals surface area contributed by atoms with Crippen molar-refractivity contribution in [1.82, 2.24) is 4.72 Å². The van der Waals surface area contributed by atoms with Crippen LogP contribution in [0.5, 0.6) is 0 Å². The summed E-state index contributed by atoms with van der Waals surface area (Å²) in [7, 11) is -2.44. The van der Waals surface area contributed by atoms with Crippen LogP contribution in [0.3, 0.4) is 0 Å². The second-order valence-electron chi connectivity index (χ2n) is 6.16. The lowest BCUT2D eigenvalue weighted by Gasteiger charge is -2.17. The lowest BCUT2D eigenvalue weighted by atomic mass is 10.1. The van der Waals surface area contributed by atoms with Crippen molar-refractivity contribution in [2.24, 2.45) is 0 Å². The maximum Gasteiger partial charge on any atom is 0.335 e. The number of carboxylic acid groups (broad SMARTS) is 1. The quantitative estimate of drug-likeness (QED) is 0.573. The summed E-state index contributed by atoms with van der Waals surface area (Å²) in [6.07, 6.45) is 0.703. The van der Waals surface area contributed by atoms with E-state index in [1.54, 1.807) is 6.92 Å². The largest absolute Gasteiger partial charge is 0.478 e. The summed E-state index contributed by atoms with van der Waals surface area (Å²) >= 11 is 0. The summed E-state index contributed by atoms with van der Waals surface area (Å²) in [6, 6.07) is 13.3. The molecule has 3 N–H and O–H groups in total. The summed E-state index contributed by atoms with van der Waals surface area (Å²) in [5.74, 6) is -1.19. The molecule has 146 valence electrons. The second kappa shape index (κ2) is 9.50. The Labute approximate surface area is 159 Å². The molecule has 8 heteroatoms. The van der Waals surface area contributed by atoms with Gasteiger partial charge in [0.2, 0.25) is 10.0 Å². The molecule has 0 aliphatic carbocycles. The van der Waals surface area contributed by atoms with Gasteiger partial charge in [0.05, 0.1) is 17.9 Å². The van der Waals surface area contributed by atoms with Gasteiger partial charge in [0, 0.05) is 19.7 Å². The van der Waals surface area contributed by atoms with Crippen LogP contribution in [0.25, 0.3) is 0 Å². The Morgan fingerprint density at radius 3 is 2.52 bits per heavy atom. The van der Waals surface area contributed by atoms with Gasteiger partial charge in [0.25, 0.3) is 0 Å². The van der Waals surface area contributed by atoms with Gasteiger partial charge in [-0.3, -0.25) is 0 Å². The minimum atomic E-state index is -3.92. The van der Waals surface area contributed by atoms with Crippen LogP contribution in [0.2, 0.25) is 0 Å². The smallest absolute Gasteiger partial charge is 0.335 e. The maximum absolute atomic E-state index is 12.7. The molecule has 0 unspecified atom stereocenters. The number of aromatic carboxylic acids is 1. The molecular weight excluding hydrogens is 368 g/mol. The number of ether oxygens (including phenoxy) is 1. The molecular formula is C19H24N2O5S. The molecule has 2 rings (SSSR count). The van der Waals surface area contributed by atoms with Gasteiger partial charge >= 0.3 is 5.97 Å². The number of benzene rings is 2. The maximum atomic E-state index is 12.7. The number of nitrogens with one attached hydrogen (secondary N) is 2.